The van der Waals surface area contributed by atoms with Crippen molar-refractivity contribution < 1.29 is 24.3 Å². The average molecular weight is 464 g/mol. The first-order valence-corrected chi connectivity index (χ1v) is 10.8. The molecule has 12 heteroatoms. The average Bonchev–Trinajstić information content (AvgIpc) is 3.14. The Bertz CT molecular complexity index is 1100. The van der Waals surface area contributed by atoms with E-state index in [4.69, 9.17) is 15.1 Å². The SMILES string of the molecule is COc1ccc2c(c1)-c1nn(CCCN(C)C)c3ccc([N+](=O)[O-])c(c13)N2.CSOOO. The lowest BCUT2D eigenvalue weighted by molar-refractivity contribution is -0.432. The van der Waals surface area contributed by atoms with Gasteiger partial charge in [0, 0.05) is 42.2 Å². The zero-order valence-electron chi connectivity index (χ0n) is 18.2. The lowest BCUT2D eigenvalue weighted by atomic mass is 9.99. The van der Waals surface area contributed by atoms with Crippen molar-refractivity contribution in [3.8, 4) is 17.0 Å². The summed E-state index contributed by atoms with van der Waals surface area (Å²) in [6.07, 6.45) is 2.56. The maximum absolute atomic E-state index is 11.5. The number of ether oxygens (including phenoxy) is 1. The van der Waals surface area contributed by atoms with Crippen LogP contribution in [0.15, 0.2) is 30.3 Å². The van der Waals surface area contributed by atoms with E-state index >= 15 is 0 Å². The molecule has 0 atom stereocenters. The van der Waals surface area contributed by atoms with Crippen LogP contribution in [0.4, 0.5) is 17.1 Å². The molecule has 0 unspecified atom stereocenters. The second kappa shape index (κ2) is 10.6. The van der Waals surface area contributed by atoms with Crippen LogP contribution in [0.1, 0.15) is 6.42 Å². The van der Waals surface area contributed by atoms with Gasteiger partial charge in [0.05, 0.1) is 22.9 Å². The number of methoxy groups -OCH3 is 1. The molecule has 4 rings (SSSR count). The minimum Gasteiger partial charge on any atom is -0.497 e. The monoisotopic (exact) mass is 463 g/mol. The van der Waals surface area contributed by atoms with E-state index in [0.29, 0.717) is 5.69 Å². The Labute approximate surface area is 189 Å². The number of nitrogens with zero attached hydrogens (tertiary/aromatic N) is 4. The third kappa shape index (κ3) is 4.95. The smallest absolute Gasteiger partial charge is 0.293 e. The van der Waals surface area contributed by atoms with Crippen molar-refractivity contribution in [1.29, 1.82) is 0 Å². The zero-order valence-corrected chi connectivity index (χ0v) is 19.0. The van der Waals surface area contributed by atoms with Gasteiger partial charge in [-0.2, -0.15) is 5.10 Å². The molecule has 11 nitrogen and oxygen atoms in total. The molecule has 0 aliphatic carbocycles. The van der Waals surface area contributed by atoms with Gasteiger partial charge in [0.2, 0.25) is 0 Å². The van der Waals surface area contributed by atoms with Crippen LogP contribution in [-0.4, -0.2) is 58.9 Å². The number of benzene rings is 2. The largest absolute Gasteiger partial charge is 0.497 e. The summed E-state index contributed by atoms with van der Waals surface area (Å²) in [6, 6.07) is 8.95. The third-order valence-corrected chi connectivity index (χ3v) is 5.11. The molecule has 0 amide bonds. The standard InChI is InChI=1S/C19H21N5O3.CH4O3S/c1-22(2)9-4-10-23-15-7-8-16(24(25)26)19-17(15)18(21-23)13-11-12(27-3)5-6-14(13)20-19;1-5-4-3-2/h5-8,11,20H,4,9-10H2,1-3H3;2H,1H3. The Morgan fingerprint density at radius 3 is 2.69 bits per heavy atom. The van der Waals surface area contributed by atoms with Gasteiger partial charge in [0.1, 0.15) is 17.1 Å². The van der Waals surface area contributed by atoms with Crippen molar-refractivity contribution in [2.45, 2.75) is 13.0 Å². The van der Waals surface area contributed by atoms with E-state index in [0.717, 1.165) is 65.2 Å². The second-order valence-electron chi connectivity index (χ2n) is 7.19. The summed E-state index contributed by atoms with van der Waals surface area (Å²) in [6.45, 7) is 1.68. The molecule has 0 fully saturated rings. The van der Waals surface area contributed by atoms with Gasteiger partial charge in [-0.05, 0) is 51.3 Å². The van der Waals surface area contributed by atoms with Gasteiger partial charge in [0.25, 0.3) is 5.69 Å². The van der Waals surface area contributed by atoms with Crippen molar-refractivity contribution in [2.24, 2.45) is 0 Å². The van der Waals surface area contributed by atoms with Crippen LogP contribution in [0.5, 0.6) is 5.75 Å². The number of aromatic nitrogens is 2. The number of nitro benzene ring substituents is 1. The van der Waals surface area contributed by atoms with Crippen LogP contribution in [0.25, 0.3) is 22.2 Å². The van der Waals surface area contributed by atoms with E-state index in [9.17, 15) is 10.1 Å². The maximum atomic E-state index is 11.5. The van der Waals surface area contributed by atoms with Crippen LogP contribution in [-0.2, 0) is 15.9 Å². The zero-order chi connectivity index (χ0) is 23.3. The molecule has 1 aromatic heterocycles. The molecular formula is C20H25N5O6S. The molecule has 0 spiro atoms. The van der Waals surface area contributed by atoms with Gasteiger partial charge in [-0.25, -0.2) is 5.26 Å². The van der Waals surface area contributed by atoms with Crippen LogP contribution in [0.3, 0.4) is 0 Å². The minimum absolute atomic E-state index is 0.0538. The highest BCUT2D eigenvalue weighted by molar-refractivity contribution is 7.93. The summed E-state index contributed by atoms with van der Waals surface area (Å²) in [5, 5.41) is 30.9. The summed E-state index contributed by atoms with van der Waals surface area (Å²) in [7, 11) is 5.69. The number of rotatable bonds is 8. The highest BCUT2D eigenvalue weighted by Crippen LogP contribution is 2.47. The van der Waals surface area contributed by atoms with E-state index in [1.165, 1.54) is 0 Å². The topological polar surface area (TPSA) is 124 Å². The van der Waals surface area contributed by atoms with Gasteiger partial charge < -0.3 is 15.0 Å². The number of hydrogen-bond donors (Lipinski definition) is 2. The van der Waals surface area contributed by atoms with Crippen molar-refractivity contribution in [1.82, 2.24) is 14.7 Å². The van der Waals surface area contributed by atoms with E-state index in [2.05, 4.69) is 19.6 Å². The first-order valence-electron chi connectivity index (χ1n) is 9.70. The fraction of sp³-hybridized carbons (Fsp3) is 0.350. The van der Waals surface area contributed by atoms with E-state index in [1.54, 1.807) is 25.5 Å². The summed E-state index contributed by atoms with van der Waals surface area (Å²) in [5.41, 5.74) is 3.88. The molecule has 32 heavy (non-hydrogen) atoms. The fourth-order valence-electron chi connectivity index (χ4n) is 3.55. The Morgan fingerprint density at radius 2 is 2.09 bits per heavy atom. The molecule has 172 valence electrons. The van der Waals surface area contributed by atoms with Gasteiger partial charge in [-0.3, -0.25) is 14.8 Å². The Kier molecular flexibility index (Phi) is 7.88. The molecule has 2 aromatic carbocycles. The summed E-state index contributed by atoms with van der Waals surface area (Å²) in [5.74, 6) is 0.722. The van der Waals surface area contributed by atoms with Gasteiger partial charge in [0.15, 0.2) is 0 Å². The molecule has 0 saturated heterocycles. The lowest BCUT2D eigenvalue weighted by Gasteiger charge is -2.18. The predicted molar refractivity (Wildman–Crippen MR) is 123 cm³/mol. The lowest BCUT2D eigenvalue weighted by Crippen LogP contribution is -2.15. The number of nitro groups is 1. The summed E-state index contributed by atoms with van der Waals surface area (Å²) < 4.78 is 11.1. The van der Waals surface area contributed by atoms with E-state index in [-0.39, 0.29) is 10.6 Å². The molecule has 1 aliphatic heterocycles. The Morgan fingerprint density at radius 1 is 1.31 bits per heavy atom. The van der Waals surface area contributed by atoms with Gasteiger partial charge in [-0.1, -0.05) is 5.04 Å². The summed E-state index contributed by atoms with van der Waals surface area (Å²) >= 11 is 0.929. The van der Waals surface area contributed by atoms with Crippen LogP contribution < -0.4 is 10.1 Å². The first-order chi connectivity index (χ1) is 15.4. The first kappa shape index (κ1) is 23.8. The molecular weight excluding hydrogens is 438 g/mol. The van der Waals surface area contributed by atoms with E-state index in [1.807, 2.05) is 37.0 Å². The van der Waals surface area contributed by atoms with Crippen molar-refractivity contribution in [3.63, 3.8) is 0 Å². The minimum atomic E-state index is -0.358. The molecule has 2 N–H and O–H groups in total. The quantitative estimate of drug-likeness (QED) is 0.169. The predicted octanol–water partition coefficient (Wildman–Crippen LogP) is 4.31. The second-order valence-corrected chi connectivity index (χ2v) is 7.65. The molecule has 2 heterocycles. The molecule has 0 radical (unpaired) electrons. The van der Waals surface area contributed by atoms with Crippen LogP contribution in [0.2, 0.25) is 0 Å². The van der Waals surface area contributed by atoms with Gasteiger partial charge in [-0.15, -0.1) is 4.33 Å². The highest BCUT2D eigenvalue weighted by atomic mass is 32.2. The van der Waals surface area contributed by atoms with Crippen molar-refractivity contribution in [2.75, 3.05) is 39.3 Å². The number of anilines is 2. The third-order valence-electron chi connectivity index (χ3n) is 4.91. The molecule has 0 bridgehead atoms. The Balaban J connectivity index is 0.000000523. The molecule has 0 saturated carbocycles. The van der Waals surface area contributed by atoms with Crippen molar-refractivity contribution in [3.05, 3.63) is 40.4 Å². The number of nitrogens with one attached hydrogen (secondary N) is 1. The van der Waals surface area contributed by atoms with Crippen molar-refractivity contribution >= 4 is 40.0 Å². The number of hydrogen-bond acceptors (Lipinski definition) is 10. The van der Waals surface area contributed by atoms with Gasteiger partial charge >= 0.3 is 0 Å². The summed E-state index contributed by atoms with van der Waals surface area (Å²) in [4.78, 5) is 13.3. The van der Waals surface area contributed by atoms with E-state index < -0.39 is 0 Å². The molecule has 1 aliphatic rings. The number of aryl methyl sites for hydroxylation is 1. The van der Waals surface area contributed by atoms with Crippen LogP contribution in [0, 0.1) is 10.1 Å². The number of fused-ring (bicyclic) bond motifs is 2. The fourth-order valence-corrected chi connectivity index (χ4v) is 3.62. The normalized spacial score (nSPS) is 11.6. The maximum Gasteiger partial charge on any atom is 0.293 e. The Hall–Kier alpha value is -2.90. The highest BCUT2D eigenvalue weighted by Gasteiger charge is 2.29. The van der Waals surface area contributed by atoms with Crippen LogP contribution >= 0.6 is 12.0 Å². The molecule has 3 aromatic rings.